The van der Waals surface area contributed by atoms with Gasteiger partial charge >= 0.3 is 5.97 Å². The summed E-state index contributed by atoms with van der Waals surface area (Å²) < 4.78 is 8.71. The van der Waals surface area contributed by atoms with Crippen LogP contribution in [0.4, 0.5) is 0 Å². The number of ketones is 1. The summed E-state index contributed by atoms with van der Waals surface area (Å²) >= 11 is 0.236. The summed E-state index contributed by atoms with van der Waals surface area (Å²) in [7, 11) is 1.00. The summed E-state index contributed by atoms with van der Waals surface area (Å²) in [5.41, 5.74) is 0. The maximum Gasteiger partial charge on any atom is 0.333 e. The molecule has 2 aliphatic rings. The van der Waals surface area contributed by atoms with E-state index in [4.69, 9.17) is 9.66 Å². The fraction of sp³-hybridized carbons (Fsp3) is 0.778. The molecular weight excluding hydrogens is 374 g/mol. The lowest BCUT2D eigenvalue weighted by atomic mass is 10.0. The van der Waals surface area contributed by atoms with E-state index in [-0.39, 0.29) is 37.1 Å². The molecule has 0 bridgehead atoms. The second kappa shape index (κ2) is 15.6. The molecule has 2 fully saturated rings. The van der Waals surface area contributed by atoms with E-state index in [0.29, 0.717) is 5.06 Å². The van der Waals surface area contributed by atoms with E-state index in [9.17, 15) is 19.2 Å². The van der Waals surface area contributed by atoms with Crippen LogP contribution in [0.3, 0.4) is 0 Å². The fourth-order valence-electron chi connectivity index (χ4n) is 2.60. The van der Waals surface area contributed by atoms with Gasteiger partial charge in [-0.2, -0.15) is 0 Å². The van der Waals surface area contributed by atoms with Crippen LogP contribution in [-0.2, 0) is 24.0 Å². The average Bonchev–Trinajstić information content (AvgIpc) is 2.89. The number of hydroxylamine groups is 2. The number of carbonyl (C=O) groups excluding carboxylic acids is 4. The van der Waals surface area contributed by atoms with Gasteiger partial charge < -0.3 is 19.3 Å². The van der Waals surface area contributed by atoms with Gasteiger partial charge in [0.2, 0.25) is 0 Å². The summed E-state index contributed by atoms with van der Waals surface area (Å²) in [4.78, 5) is 49.0. The van der Waals surface area contributed by atoms with Crippen LogP contribution >= 0.6 is 12.0 Å². The van der Waals surface area contributed by atoms with Crippen LogP contribution in [0.5, 0.6) is 0 Å². The molecule has 2 rings (SSSR count). The molecule has 8 nitrogen and oxygen atoms in total. The molecule has 0 aromatic rings. The Hall–Kier alpha value is -1.45. The summed E-state index contributed by atoms with van der Waals surface area (Å²) in [5, 5.41) is 6.42. The minimum absolute atomic E-state index is 0.00671. The number of carbonyl (C=O) groups is 4. The number of Topliss-reactive ketones (excluding diaryl/α,β-unsaturated/α-hetero) is 1. The molecule has 1 saturated carbocycles. The number of aliphatic hydroxyl groups excluding tert-OH is 1. The molecule has 156 valence electrons. The minimum atomic E-state index is -0.928. The first-order chi connectivity index (χ1) is 13.0. The number of imide groups is 1. The largest absolute Gasteiger partial charge is 0.400 e. The Kier molecular flexibility index (Phi) is 14.8. The van der Waals surface area contributed by atoms with Crippen molar-refractivity contribution < 1.29 is 33.7 Å². The zero-order chi connectivity index (χ0) is 20.7. The first-order valence-corrected chi connectivity index (χ1v) is 10.1. The van der Waals surface area contributed by atoms with E-state index in [1.54, 1.807) is 0 Å². The van der Waals surface area contributed by atoms with Gasteiger partial charge in [-0.15, -0.1) is 5.06 Å². The highest BCUT2D eigenvalue weighted by atomic mass is 32.2. The quantitative estimate of drug-likeness (QED) is 0.529. The molecule has 0 aromatic heterocycles. The number of amides is 2. The highest BCUT2D eigenvalue weighted by Crippen LogP contribution is 2.23. The van der Waals surface area contributed by atoms with E-state index >= 15 is 0 Å². The van der Waals surface area contributed by atoms with E-state index in [1.807, 2.05) is 0 Å². The van der Waals surface area contributed by atoms with Crippen molar-refractivity contribution in [1.29, 1.82) is 0 Å². The second-order valence-corrected chi connectivity index (χ2v) is 7.10. The average molecular weight is 406 g/mol. The third kappa shape index (κ3) is 11.1. The molecule has 9 heteroatoms. The summed E-state index contributed by atoms with van der Waals surface area (Å²) in [6, 6.07) is 0. The van der Waals surface area contributed by atoms with Gasteiger partial charge in [-0.25, -0.2) is 4.79 Å². The van der Waals surface area contributed by atoms with Gasteiger partial charge in [0.05, 0.1) is 12.8 Å². The first-order valence-electron chi connectivity index (χ1n) is 9.27. The molecular formula is C18H31NO7S. The number of hydrogen-bond donors (Lipinski definition) is 2. The van der Waals surface area contributed by atoms with Crippen molar-refractivity contribution in [3.05, 3.63) is 0 Å². The number of aliphatic hydroxyl groups is 1. The van der Waals surface area contributed by atoms with Crippen molar-refractivity contribution in [2.24, 2.45) is 0 Å². The maximum atomic E-state index is 11.4. The van der Waals surface area contributed by atoms with Gasteiger partial charge in [-0.1, -0.05) is 51.4 Å². The zero-order valence-corrected chi connectivity index (χ0v) is 17.0. The Morgan fingerprint density at radius 1 is 1.00 bits per heavy atom. The highest BCUT2D eigenvalue weighted by molar-refractivity contribution is 7.95. The summed E-state index contributed by atoms with van der Waals surface area (Å²) in [5.74, 6) is -2.47. The summed E-state index contributed by atoms with van der Waals surface area (Å²) in [6.45, 7) is 1.32. The highest BCUT2D eigenvalue weighted by Gasteiger charge is 2.42. The number of rotatable bonds is 5. The topological polar surface area (TPSA) is 121 Å². The van der Waals surface area contributed by atoms with Crippen molar-refractivity contribution in [3.8, 4) is 0 Å². The van der Waals surface area contributed by atoms with Crippen molar-refractivity contribution in [3.63, 3.8) is 0 Å². The fourth-order valence-corrected chi connectivity index (χ4v) is 3.00. The van der Waals surface area contributed by atoms with Gasteiger partial charge in [0, 0.05) is 25.6 Å². The van der Waals surface area contributed by atoms with Crippen molar-refractivity contribution >= 4 is 35.6 Å². The molecule has 1 atom stereocenters. The lowest BCUT2D eigenvalue weighted by Gasteiger charge is -2.12. The van der Waals surface area contributed by atoms with Crippen LogP contribution in [0.1, 0.15) is 77.6 Å². The van der Waals surface area contributed by atoms with E-state index in [2.05, 4.69) is 4.84 Å². The Balaban J connectivity index is 0.000000562. The van der Waals surface area contributed by atoms with Crippen LogP contribution < -0.4 is 0 Å². The third-order valence-electron chi connectivity index (χ3n) is 4.06. The number of nitrogens with zero attached hydrogens (tertiary/aromatic N) is 1. The monoisotopic (exact) mass is 405 g/mol. The molecule has 1 saturated heterocycles. The van der Waals surface area contributed by atoms with Gasteiger partial charge in [-0.05, 0) is 6.92 Å². The molecule has 1 aliphatic heterocycles. The molecule has 2 N–H and O–H groups in total. The molecule has 1 unspecified atom stereocenters. The molecule has 1 heterocycles. The minimum Gasteiger partial charge on any atom is -0.400 e. The molecule has 27 heavy (non-hydrogen) atoms. The molecule has 0 spiro atoms. The van der Waals surface area contributed by atoms with Crippen LogP contribution in [-0.4, -0.2) is 50.6 Å². The second-order valence-electron chi connectivity index (χ2n) is 6.32. The van der Waals surface area contributed by atoms with Gasteiger partial charge in [0.1, 0.15) is 11.0 Å². The lowest BCUT2D eigenvalue weighted by molar-refractivity contribution is -0.197. The number of hydrogen-bond acceptors (Lipinski definition) is 8. The Labute approximate surface area is 164 Å². The van der Waals surface area contributed by atoms with Crippen LogP contribution in [0, 0.1) is 0 Å². The van der Waals surface area contributed by atoms with E-state index < -0.39 is 23.0 Å². The van der Waals surface area contributed by atoms with Gasteiger partial charge in [0.25, 0.3) is 11.8 Å². The van der Waals surface area contributed by atoms with Gasteiger partial charge in [0.15, 0.2) is 0 Å². The molecule has 0 radical (unpaired) electrons. The predicted molar refractivity (Wildman–Crippen MR) is 102 cm³/mol. The first kappa shape index (κ1) is 25.6. The normalized spacial score (nSPS) is 19.7. The van der Waals surface area contributed by atoms with E-state index in [0.717, 1.165) is 7.11 Å². The van der Waals surface area contributed by atoms with Crippen molar-refractivity contribution in [2.45, 2.75) is 82.8 Å². The lowest BCUT2D eigenvalue weighted by Crippen LogP contribution is -2.34. The Bertz CT molecular complexity index is 460. The molecule has 0 aromatic carbocycles. The Morgan fingerprint density at radius 2 is 1.44 bits per heavy atom. The SMILES string of the molecule is C1CCCCCCC1.CC(=O)CCC(=O)ON1C(=O)CC(SO)C1=O.CO. The van der Waals surface area contributed by atoms with Crippen molar-refractivity contribution in [1.82, 2.24) is 5.06 Å². The van der Waals surface area contributed by atoms with E-state index in [1.165, 1.54) is 58.3 Å². The standard InChI is InChI=1S/C9H11NO6S.C8H16.CH4O/c1-5(11)2-3-8(13)16-10-7(12)4-6(17-15)9(10)14;1-2-4-6-8-7-5-3-1;1-2/h6,15H,2-4H2,1H3;1-8H2;2H,1H3. The predicted octanol–water partition coefficient (Wildman–Crippen LogP) is 2.88. The van der Waals surface area contributed by atoms with Crippen molar-refractivity contribution in [2.75, 3.05) is 7.11 Å². The maximum absolute atomic E-state index is 11.4. The third-order valence-corrected chi connectivity index (χ3v) is 4.69. The van der Waals surface area contributed by atoms with Crippen LogP contribution in [0.25, 0.3) is 0 Å². The smallest absolute Gasteiger partial charge is 0.333 e. The molecule has 1 aliphatic carbocycles. The zero-order valence-electron chi connectivity index (χ0n) is 16.1. The van der Waals surface area contributed by atoms with Crippen LogP contribution in [0.15, 0.2) is 0 Å². The summed E-state index contributed by atoms with van der Waals surface area (Å²) in [6.07, 6.45) is 11.6. The molecule has 2 amide bonds. The van der Waals surface area contributed by atoms with Gasteiger partial charge in [-0.3, -0.25) is 9.59 Å². The van der Waals surface area contributed by atoms with Crippen LogP contribution in [0.2, 0.25) is 0 Å². The Morgan fingerprint density at radius 3 is 1.78 bits per heavy atom.